The molecule has 1 rings (SSSR count). The van der Waals surface area contributed by atoms with Gasteiger partial charge in [-0.3, -0.25) is 0 Å². The van der Waals surface area contributed by atoms with E-state index in [1.807, 2.05) is 0 Å². The quantitative estimate of drug-likeness (QED) is 0.772. The van der Waals surface area contributed by atoms with Crippen LogP contribution in [0, 0.1) is 23.0 Å². The summed E-state index contributed by atoms with van der Waals surface area (Å²) in [5.74, 6) is -2.07. The van der Waals surface area contributed by atoms with Gasteiger partial charge in [0.2, 0.25) is 0 Å². The molecule has 0 aromatic heterocycles. The van der Waals surface area contributed by atoms with Gasteiger partial charge in [-0.15, -0.1) is 0 Å². The lowest BCUT2D eigenvalue weighted by Gasteiger charge is -2.18. The first kappa shape index (κ1) is 15.4. The second-order valence-corrected chi connectivity index (χ2v) is 4.21. The number of hydrogen-bond acceptors (Lipinski definition) is 3. The molecule has 0 fully saturated rings. The van der Waals surface area contributed by atoms with Gasteiger partial charge in [-0.25, -0.2) is 8.78 Å². The average Bonchev–Trinajstić information content (AvgIpc) is 2.43. The van der Waals surface area contributed by atoms with Crippen LogP contribution >= 0.6 is 0 Å². The molecule has 3 nitrogen and oxygen atoms in total. The second-order valence-electron chi connectivity index (χ2n) is 4.21. The van der Waals surface area contributed by atoms with Crippen LogP contribution < -0.4 is 5.32 Å². The van der Waals surface area contributed by atoms with Crippen molar-refractivity contribution in [2.75, 3.05) is 31.5 Å². The molecule has 0 aliphatic carbocycles. The Kier molecular flexibility index (Phi) is 6.23. The third kappa shape index (κ3) is 4.18. The molecule has 0 radical (unpaired) electrons. The molecule has 104 valence electrons. The number of nitrogens with one attached hydrogen (secondary N) is 1. The maximum absolute atomic E-state index is 13.6. The average molecular weight is 267 g/mol. The maximum Gasteiger partial charge on any atom is 0.183 e. The van der Waals surface area contributed by atoms with Gasteiger partial charge < -0.3 is 10.2 Å². The SMILES string of the molecule is CCN(CC)CCCNc1ccc(C#N)c(F)c1F. The molecule has 0 heterocycles. The maximum atomic E-state index is 13.6. The first-order valence-corrected chi connectivity index (χ1v) is 6.48. The summed E-state index contributed by atoms with van der Waals surface area (Å²) in [7, 11) is 0. The highest BCUT2D eigenvalue weighted by atomic mass is 19.2. The highest BCUT2D eigenvalue weighted by Gasteiger charge is 2.12. The number of nitrogens with zero attached hydrogens (tertiary/aromatic N) is 2. The van der Waals surface area contributed by atoms with Crippen LogP contribution in [0.5, 0.6) is 0 Å². The molecule has 0 atom stereocenters. The van der Waals surface area contributed by atoms with Crippen LogP contribution in [0.15, 0.2) is 12.1 Å². The first-order valence-electron chi connectivity index (χ1n) is 6.48. The van der Waals surface area contributed by atoms with Gasteiger partial charge in [0.05, 0.1) is 11.3 Å². The zero-order valence-corrected chi connectivity index (χ0v) is 11.3. The van der Waals surface area contributed by atoms with Crippen LogP contribution in [0.25, 0.3) is 0 Å². The third-order valence-corrected chi connectivity index (χ3v) is 3.06. The van der Waals surface area contributed by atoms with E-state index >= 15 is 0 Å². The van der Waals surface area contributed by atoms with E-state index in [4.69, 9.17) is 5.26 Å². The summed E-state index contributed by atoms with van der Waals surface area (Å²) in [6, 6.07) is 4.29. The van der Waals surface area contributed by atoms with Crippen molar-refractivity contribution in [3.05, 3.63) is 29.3 Å². The van der Waals surface area contributed by atoms with E-state index in [0.29, 0.717) is 6.54 Å². The Hall–Kier alpha value is -1.67. The molecule has 0 bridgehead atoms. The van der Waals surface area contributed by atoms with Gasteiger partial charge in [-0.1, -0.05) is 13.8 Å². The highest BCUT2D eigenvalue weighted by molar-refractivity contribution is 5.49. The molecule has 0 aliphatic rings. The Labute approximate surface area is 112 Å². The molecule has 1 aromatic rings. The Morgan fingerprint density at radius 1 is 1.21 bits per heavy atom. The van der Waals surface area contributed by atoms with Crippen LogP contribution in [-0.4, -0.2) is 31.1 Å². The fourth-order valence-corrected chi connectivity index (χ4v) is 1.84. The van der Waals surface area contributed by atoms with E-state index in [1.165, 1.54) is 12.1 Å². The Balaban J connectivity index is 2.51. The molecule has 0 amide bonds. The van der Waals surface area contributed by atoms with Gasteiger partial charge in [0.25, 0.3) is 0 Å². The lowest BCUT2D eigenvalue weighted by Crippen LogP contribution is -2.25. The van der Waals surface area contributed by atoms with Crippen LogP contribution in [0.4, 0.5) is 14.5 Å². The van der Waals surface area contributed by atoms with Gasteiger partial charge in [-0.05, 0) is 38.2 Å². The van der Waals surface area contributed by atoms with Crippen molar-refractivity contribution in [1.29, 1.82) is 5.26 Å². The molecule has 19 heavy (non-hydrogen) atoms. The van der Waals surface area contributed by atoms with Crippen LogP contribution in [-0.2, 0) is 0 Å². The van der Waals surface area contributed by atoms with E-state index in [2.05, 4.69) is 24.1 Å². The van der Waals surface area contributed by atoms with Crippen LogP contribution in [0.1, 0.15) is 25.8 Å². The second kappa shape index (κ2) is 7.70. The molecule has 0 unspecified atom stereocenters. The molecule has 0 saturated carbocycles. The number of halogens is 2. The summed E-state index contributed by atoms with van der Waals surface area (Å²) in [5.41, 5.74) is -0.165. The predicted octanol–water partition coefficient (Wildman–Crippen LogP) is 2.98. The van der Waals surface area contributed by atoms with E-state index in [-0.39, 0.29) is 11.3 Å². The summed E-state index contributed by atoms with van der Waals surface area (Å²) < 4.78 is 26.9. The lowest BCUT2D eigenvalue weighted by atomic mass is 10.2. The summed E-state index contributed by atoms with van der Waals surface area (Å²) in [5, 5.41) is 11.4. The smallest absolute Gasteiger partial charge is 0.183 e. The van der Waals surface area contributed by atoms with E-state index < -0.39 is 11.6 Å². The number of anilines is 1. The summed E-state index contributed by atoms with van der Waals surface area (Å²) in [6.45, 7) is 7.63. The Bertz CT molecular complexity index is 451. The fourth-order valence-electron chi connectivity index (χ4n) is 1.84. The molecule has 5 heteroatoms. The minimum Gasteiger partial charge on any atom is -0.383 e. The lowest BCUT2D eigenvalue weighted by molar-refractivity contribution is 0.303. The monoisotopic (exact) mass is 267 g/mol. The molecular formula is C14H19F2N3. The minimum absolute atomic E-state index is 0.107. The summed E-state index contributed by atoms with van der Waals surface area (Å²) >= 11 is 0. The molecule has 0 spiro atoms. The number of nitriles is 1. The van der Waals surface area contributed by atoms with Crippen molar-refractivity contribution >= 4 is 5.69 Å². The third-order valence-electron chi connectivity index (χ3n) is 3.06. The van der Waals surface area contributed by atoms with Crippen molar-refractivity contribution in [1.82, 2.24) is 4.90 Å². The topological polar surface area (TPSA) is 39.1 Å². The van der Waals surface area contributed by atoms with Gasteiger partial charge in [0.15, 0.2) is 11.6 Å². The van der Waals surface area contributed by atoms with Crippen molar-refractivity contribution in [3.8, 4) is 6.07 Å². The molecule has 0 aliphatic heterocycles. The first-order chi connectivity index (χ1) is 9.13. The van der Waals surface area contributed by atoms with Crippen molar-refractivity contribution in [2.24, 2.45) is 0 Å². The van der Waals surface area contributed by atoms with Gasteiger partial charge in [-0.2, -0.15) is 5.26 Å². The van der Waals surface area contributed by atoms with Gasteiger partial charge in [0, 0.05) is 6.54 Å². The molecule has 1 N–H and O–H groups in total. The summed E-state index contributed by atoms with van der Waals surface area (Å²) in [4.78, 5) is 2.26. The highest BCUT2D eigenvalue weighted by Crippen LogP contribution is 2.19. The van der Waals surface area contributed by atoms with Gasteiger partial charge in [0.1, 0.15) is 6.07 Å². The van der Waals surface area contributed by atoms with Gasteiger partial charge >= 0.3 is 0 Å². The number of hydrogen-bond donors (Lipinski definition) is 1. The normalized spacial score (nSPS) is 10.5. The number of benzene rings is 1. The molecular weight excluding hydrogens is 248 g/mol. The van der Waals surface area contributed by atoms with E-state index in [1.54, 1.807) is 6.07 Å². The fraction of sp³-hybridized carbons (Fsp3) is 0.500. The minimum atomic E-state index is -1.09. The largest absolute Gasteiger partial charge is 0.383 e. The van der Waals surface area contributed by atoms with E-state index in [9.17, 15) is 8.78 Å². The zero-order chi connectivity index (χ0) is 14.3. The van der Waals surface area contributed by atoms with Crippen LogP contribution in [0.2, 0.25) is 0 Å². The molecule has 0 saturated heterocycles. The Morgan fingerprint density at radius 3 is 2.47 bits per heavy atom. The van der Waals surface area contributed by atoms with E-state index in [0.717, 1.165) is 26.1 Å². The predicted molar refractivity (Wildman–Crippen MR) is 72.0 cm³/mol. The summed E-state index contributed by atoms with van der Waals surface area (Å²) in [6.07, 6.45) is 0.850. The zero-order valence-electron chi connectivity index (χ0n) is 11.3. The van der Waals surface area contributed by atoms with Crippen molar-refractivity contribution < 1.29 is 8.78 Å². The Morgan fingerprint density at radius 2 is 1.89 bits per heavy atom. The molecule has 1 aromatic carbocycles. The van der Waals surface area contributed by atoms with Crippen molar-refractivity contribution in [2.45, 2.75) is 20.3 Å². The van der Waals surface area contributed by atoms with Crippen molar-refractivity contribution in [3.63, 3.8) is 0 Å². The standard InChI is InChI=1S/C14H19F2N3/c1-3-19(4-2)9-5-8-18-12-7-6-11(10-17)13(15)14(12)16/h6-7,18H,3-5,8-9H2,1-2H3. The number of rotatable bonds is 7. The van der Waals surface area contributed by atoms with Crippen LogP contribution in [0.3, 0.4) is 0 Å².